The molecular formula is C13H17I. The van der Waals surface area contributed by atoms with Crippen LogP contribution in [0.15, 0.2) is 46.6 Å². The summed E-state index contributed by atoms with van der Waals surface area (Å²) in [6.07, 6.45) is 17.8. The van der Waals surface area contributed by atoms with Crippen LogP contribution in [-0.4, -0.2) is 0 Å². The van der Waals surface area contributed by atoms with E-state index >= 15 is 0 Å². The van der Waals surface area contributed by atoms with E-state index in [1.807, 2.05) is 6.08 Å². The van der Waals surface area contributed by atoms with Gasteiger partial charge in [-0.3, -0.25) is 0 Å². The monoisotopic (exact) mass is 300 g/mol. The zero-order valence-corrected chi connectivity index (χ0v) is 10.6. The molecule has 0 saturated heterocycles. The second-order valence-electron chi connectivity index (χ2n) is 3.49. The molecule has 1 unspecified atom stereocenters. The maximum absolute atomic E-state index is 3.71. The molecule has 0 spiro atoms. The van der Waals surface area contributed by atoms with Gasteiger partial charge in [0.05, 0.1) is 0 Å². The molecule has 1 atom stereocenters. The van der Waals surface area contributed by atoms with Gasteiger partial charge in [0.15, 0.2) is 0 Å². The van der Waals surface area contributed by atoms with E-state index in [9.17, 15) is 0 Å². The van der Waals surface area contributed by atoms with Crippen molar-refractivity contribution in [2.45, 2.75) is 25.7 Å². The van der Waals surface area contributed by atoms with Crippen molar-refractivity contribution in [1.82, 2.24) is 0 Å². The van der Waals surface area contributed by atoms with Crippen LogP contribution in [0.25, 0.3) is 0 Å². The lowest BCUT2D eigenvalue weighted by Crippen LogP contribution is -1.99. The summed E-state index contributed by atoms with van der Waals surface area (Å²) in [5, 5.41) is 0. The van der Waals surface area contributed by atoms with Gasteiger partial charge in [-0.2, -0.15) is 0 Å². The molecule has 0 aromatic rings. The van der Waals surface area contributed by atoms with Crippen LogP contribution in [-0.2, 0) is 0 Å². The molecule has 1 aliphatic carbocycles. The maximum Gasteiger partial charge on any atom is -0.00346 e. The Labute approximate surface area is 101 Å². The summed E-state index contributed by atoms with van der Waals surface area (Å²) >= 11 is 2.45. The minimum Gasteiger partial charge on any atom is -0.103 e. The highest BCUT2D eigenvalue weighted by atomic mass is 127. The third kappa shape index (κ3) is 4.27. The fourth-order valence-corrected chi connectivity index (χ4v) is 2.17. The molecule has 0 bridgehead atoms. The highest BCUT2D eigenvalue weighted by molar-refractivity contribution is 14.1. The standard InChI is InChI=1S/C13H17I/c1-2-3-4-5-6-9-12-10-7-8-11-13(12)14/h2,5-8,11-12H,1,3-4,9-10H2/b6-5-. The van der Waals surface area contributed by atoms with Crippen LogP contribution in [0.4, 0.5) is 0 Å². The molecule has 0 aliphatic heterocycles. The Morgan fingerprint density at radius 1 is 1.43 bits per heavy atom. The van der Waals surface area contributed by atoms with Crippen LogP contribution in [0.1, 0.15) is 25.7 Å². The lowest BCUT2D eigenvalue weighted by atomic mass is 9.97. The Morgan fingerprint density at radius 3 is 3.00 bits per heavy atom. The van der Waals surface area contributed by atoms with E-state index in [-0.39, 0.29) is 0 Å². The summed E-state index contributed by atoms with van der Waals surface area (Å²) in [7, 11) is 0. The molecule has 0 radical (unpaired) electrons. The highest BCUT2D eigenvalue weighted by Crippen LogP contribution is 2.28. The Hall–Kier alpha value is -0.310. The lowest BCUT2D eigenvalue weighted by molar-refractivity contribution is 0.662. The number of unbranched alkanes of at least 4 members (excludes halogenated alkanes) is 1. The molecule has 0 N–H and O–H groups in total. The Balaban J connectivity index is 2.24. The second-order valence-corrected chi connectivity index (χ2v) is 4.73. The minimum atomic E-state index is 0.723. The van der Waals surface area contributed by atoms with Gasteiger partial charge in [-0.05, 0) is 57.8 Å². The van der Waals surface area contributed by atoms with E-state index in [0.717, 1.165) is 18.8 Å². The number of halogens is 1. The zero-order chi connectivity index (χ0) is 10.2. The maximum atomic E-state index is 3.71. The molecular weight excluding hydrogens is 283 g/mol. The summed E-state index contributed by atoms with van der Waals surface area (Å²) in [5.41, 5.74) is 0. The lowest BCUT2D eigenvalue weighted by Gasteiger charge is -2.14. The van der Waals surface area contributed by atoms with Gasteiger partial charge in [-0.15, -0.1) is 6.58 Å². The van der Waals surface area contributed by atoms with Crippen LogP contribution in [0.3, 0.4) is 0 Å². The number of rotatable bonds is 5. The van der Waals surface area contributed by atoms with E-state index in [2.05, 4.69) is 59.5 Å². The highest BCUT2D eigenvalue weighted by Gasteiger charge is 2.10. The first-order chi connectivity index (χ1) is 6.84. The quantitative estimate of drug-likeness (QED) is 0.389. The molecule has 1 aliphatic rings. The number of hydrogen-bond acceptors (Lipinski definition) is 0. The van der Waals surface area contributed by atoms with Gasteiger partial charge in [0.25, 0.3) is 0 Å². The fraction of sp³-hybridized carbons (Fsp3) is 0.385. The number of hydrogen-bond donors (Lipinski definition) is 0. The van der Waals surface area contributed by atoms with Gasteiger partial charge in [-0.25, -0.2) is 0 Å². The van der Waals surface area contributed by atoms with Gasteiger partial charge >= 0.3 is 0 Å². The molecule has 0 nitrogen and oxygen atoms in total. The molecule has 0 fully saturated rings. The summed E-state index contributed by atoms with van der Waals surface area (Å²) in [6.45, 7) is 3.71. The van der Waals surface area contributed by atoms with Gasteiger partial charge in [0, 0.05) is 0 Å². The first-order valence-corrected chi connectivity index (χ1v) is 6.20. The van der Waals surface area contributed by atoms with Crippen molar-refractivity contribution in [2.75, 3.05) is 0 Å². The Bertz CT molecular complexity index is 258. The van der Waals surface area contributed by atoms with E-state index in [1.54, 1.807) is 0 Å². The molecule has 0 saturated carbocycles. The van der Waals surface area contributed by atoms with Crippen molar-refractivity contribution >= 4 is 22.6 Å². The van der Waals surface area contributed by atoms with Crippen LogP contribution < -0.4 is 0 Å². The second kappa shape index (κ2) is 7.04. The molecule has 0 heterocycles. The van der Waals surface area contributed by atoms with Crippen LogP contribution in [0.2, 0.25) is 0 Å². The van der Waals surface area contributed by atoms with Gasteiger partial charge in [-0.1, -0.05) is 36.5 Å². The fourth-order valence-electron chi connectivity index (χ4n) is 1.45. The molecule has 0 amide bonds. The van der Waals surface area contributed by atoms with Crippen molar-refractivity contribution in [3.05, 3.63) is 46.6 Å². The first kappa shape index (κ1) is 11.8. The van der Waals surface area contributed by atoms with E-state index in [0.29, 0.717) is 0 Å². The molecule has 14 heavy (non-hydrogen) atoms. The SMILES string of the molecule is C=CCC/C=C\CC1CC=CC=C1I. The average Bonchev–Trinajstić information content (AvgIpc) is 2.20. The molecule has 1 heteroatoms. The molecule has 0 aromatic heterocycles. The van der Waals surface area contributed by atoms with Crippen LogP contribution in [0, 0.1) is 5.92 Å². The minimum absolute atomic E-state index is 0.723. The predicted octanol–water partition coefficient (Wildman–Crippen LogP) is 4.79. The van der Waals surface area contributed by atoms with E-state index < -0.39 is 0 Å². The zero-order valence-electron chi connectivity index (χ0n) is 8.45. The predicted molar refractivity (Wildman–Crippen MR) is 72.5 cm³/mol. The van der Waals surface area contributed by atoms with Crippen molar-refractivity contribution in [3.63, 3.8) is 0 Å². The van der Waals surface area contributed by atoms with E-state index in [4.69, 9.17) is 0 Å². The van der Waals surface area contributed by atoms with Gasteiger partial charge in [0.1, 0.15) is 0 Å². The molecule has 0 aromatic carbocycles. The largest absolute Gasteiger partial charge is 0.103 e. The van der Waals surface area contributed by atoms with Gasteiger partial charge in [0.2, 0.25) is 0 Å². The van der Waals surface area contributed by atoms with Crippen LogP contribution >= 0.6 is 22.6 Å². The van der Waals surface area contributed by atoms with Crippen molar-refractivity contribution in [2.24, 2.45) is 5.92 Å². The normalized spacial score (nSPS) is 21.2. The smallest absolute Gasteiger partial charge is 0.00346 e. The molecule has 76 valence electrons. The molecule has 1 rings (SSSR count). The summed E-state index contributed by atoms with van der Waals surface area (Å²) in [6, 6.07) is 0. The Kier molecular flexibility index (Phi) is 5.92. The summed E-state index contributed by atoms with van der Waals surface area (Å²) in [4.78, 5) is 0. The van der Waals surface area contributed by atoms with Crippen molar-refractivity contribution in [1.29, 1.82) is 0 Å². The average molecular weight is 300 g/mol. The van der Waals surface area contributed by atoms with Crippen molar-refractivity contribution < 1.29 is 0 Å². The van der Waals surface area contributed by atoms with Crippen molar-refractivity contribution in [3.8, 4) is 0 Å². The number of allylic oxidation sites excluding steroid dienone is 7. The van der Waals surface area contributed by atoms with Gasteiger partial charge < -0.3 is 0 Å². The Morgan fingerprint density at radius 2 is 2.29 bits per heavy atom. The third-order valence-corrected chi connectivity index (χ3v) is 3.57. The topological polar surface area (TPSA) is 0 Å². The summed E-state index contributed by atoms with van der Waals surface area (Å²) in [5.74, 6) is 0.723. The summed E-state index contributed by atoms with van der Waals surface area (Å²) < 4.78 is 1.48. The van der Waals surface area contributed by atoms with Crippen LogP contribution in [0.5, 0.6) is 0 Å². The van der Waals surface area contributed by atoms with E-state index in [1.165, 1.54) is 16.4 Å². The first-order valence-electron chi connectivity index (χ1n) is 5.12. The third-order valence-electron chi connectivity index (χ3n) is 2.33.